The number of piperidine rings is 1. The highest BCUT2D eigenvalue weighted by molar-refractivity contribution is 5.94. The van der Waals surface area contributed by atoms with Crippen molar-refractivity contribution in [2.45, 2.75) is 18.4 Å². The van der Waals surface area contributed by atoms with Crippen LogP contribution in [-0.4, -0.2) is 34.0 Å². The number of anilines is 1. The lowest BCUT2D eigenvalue weighted by atomic mass is 9.84. The SMILES string of the molecule is O=C1OC2(CCN(c3nc4ncccc4[nH]3)CC2)c2ccccc21. The average Bonchev–Trinajstić information content (AvgIpc) is 3.16. The molecule has 0 radical (unpaired) electrons. The molecule has 1 spiro atoms. The quantitative estimate of drug-likeness (QED) is 0.698. The van der Waals surface area contributed by atoms with Gasteiger partial charge in [-0.25, -0.2) is 9.78 Å². The Labute approximate surface area is 138 Å². The van der Waals surface area contributed by atoms with E-state index in [2.05, 4.69) is 19.9 Å². The highest BCUT2D eigenvalue weighted by Crippen LogP contribution is 2.44. The second-order valence-electron chi connectivity index (χ2n) is 6.35. The fraction of sp³-hybridized carbons (Fsp3) is 0.278. The molecule has 24 heavy (non-hydrogen) atoms. The van der Waals surface area contributed by atoms with E-state index in [1.54, 1.807) is 6.20 Å². The molecule has 4 heterocycles. The van der Waals surface area contributed by atoms with Gasteiger partial charge in [-0.3, -0.25) is 0 Å². The minimum Gasteiger partial charge on any atom is -0.450 e. The Balaban J connectivity index is 1.42. The third kappa shape index (κ3) is 1.86. The van der Waals surface area contributed by atoms with Crippen molar-refractivity contribution in [3.8, 4) is 0 Å². The molecule has 2 aliphatic heterocycles. The van der Waals surface area contributed by atoms with Gasteiger partial charge in [0.05, 0.1) is 11.1 Å². The van der Waals surface area contributed by atoms with Gasteiger partial charge in [0.2, 0.25) is 5.95 Å². The number of hydrogen-bond donors (Lipinski definition) is 1. The number of carbonyl (C=O) groups is 1. The molecule has 6 nitrogen and oxygen atoms in total. The van der Waals surface area contributed by atoms with Crippen LogP contribution in [0.2, 0.25) is 0 Å². The first-order valence-electron chi connectivity index (χ1n) is 8.14. The Morgan fingerprint density at radius 2 is 1.96 bits per heavy atom. The predicted octanol–water partition coefficient (Wildman–Crippen LogP) is 2.62. The van der Waals surface area contributed by atoms with Crippen LogP contribution in [-0.2, 0) is 10.3 Å². The number of nitrogens with zero attached hydrogens (tertiary/aromatic N) is 3. The van der Waals surface area contributed by atoms with Gasteiger partial charge < -0.3 is 14.6 Å². The molecule has 1 fully saturated rings. The Kier molecular flexibility index (Phi) is 2.71. The molecule has 0 saturated carbocycles. The lowest BCUT2D eigenvalue weighted by Gasteiger charge is -2.38. The first-order chi connectivity index (χ1) is 11.8. The first-order valence-corrected chi connectivity index (χ1v) is 8.14. The maximum Gasteiger partial charge on any atom is 0.339 e. The molecule has 1 N–H and O–H groups in total. The third-order valence-corrected chi connectivity index (χ3v) is 5.04. The molecule has 0 unspecified atom stereocenters. The number of imidazole rings is 1. The van der Waals surface area contributed by atoms with Crippen molar-refractivity contribution in [1.29, 1.82) is 0 Å². The van der Waals surface area contributed by atoms with Gasteiger partial charge in [0.1, 0.15) is 5.60 Å². The number of hydrogen-bond acceptors (Lipinski definition) is 5. The molecular formula is C18H16N4O2. The number of ether oxygens (including phenoxy) is 1. The second-order valence-corrected chi connectivity index (χ2v) is 6.35. The van der Waals surface area contributed by atoms with Crippen molar-refractivity contribution >= 4 is 23.1 Å². The van der Waals surface area contributed by atoms with Gasteiger partial charge in [0.15, 0.2) is 5.65 Å². The molecule has 2 aromatic heterocycles. The van der Waals surface area contributed by atoms with Crippen molar-refractivity contribution in [2.75, 3.05) is 18.0 Å². The summed E-state index contributed by atoms with van der Waals surface area (Å²) in [5, 5.41) is 0. The molecule has 0 bridgehead atoms. The van der Waals surface area contributed by atoms with E-state index in [1.165, 1.54) is 0 Å². The van der Waals surface area contributed by atoms with Crippen LogP contribution in [0.15, 0.2) is 42.6 Å². The molecule has 0 amide bonds. The molecule has 1 saturated heterocycles. The van der Waals surface area contributed by atoms with E-state index in [0.29, 0.717) is 5.56 Å². The molecular weight excluding hydrogens is 304 g/mol. The first kappa shape index (κ1) is 13.5. The summed E-state index contributed by atoms with van der Waals surface area (Å²) in [5.74, 6) is 0.628. The molecule has 6 heteroatoms. The number of fused-ring (bicyclic) bond motifs is 3. The standard InChI is InChI=1S/C18H16N4O2/c23-16-12-4-1-2-5-13(12)18(24-16)7-10-22(11-8-18)17-20-14-6-3-9-19-15(14)21-17/h1-6,9H,7-8,10-11H2,(H,19,20,21). The van der Waals surface area contributed by atoms with Crippen LogP contribution in [0.25, 0.3) is 11.2 Å². The second kappa shape index (κ2) is 4.80. The number of aromatic amines is 1. The van der Waals surface area contributed by atoms with Crippen LogP contribution in [0, 0.1) is 0 Å². The number of H-pyrrole nitrogens is 1. The van der Waals surface area contributed by atoms with Crippen molar-refractivity contribution in [1.82, 2.24) is 15.0 Å². The Hall–Kier alpha value is -2.89. The largest absolute Gasteiger partial charge is 0.450 e. The summed E-state index contributed by atoms with van der Waals surface area (Å²) in [5.41, 5.74) is 2.92. The normalized spacial score (nSPS) is 18.8. The van der Waals surface area contributed by atoms with Gasteiger partial charge in [0.25, 0.3) is 0 Å². The van der Waals surface area contributed by atoms with Crippen molar-refractivity contribution < 1.29 is 9.53 Å². The minimum absolute atomic E-state index is 0.202. The fourth-order valence-corrected chi connectivity index (χ4v) is 3.78. The molecule has 3 aromatic rings. The Bertz CT molecular complexity index is 908. The number of rotatable bonds is 1. The predicted molar refractivity (Wildman–Crippen MR) is 88.9 cm³/mol. The van der Waals surface area contributed by atoms with Crippen LogP contribution in [0.1, 0.15) is 28.8 Å². The van der Waals surface area contributed by atoms with E-state index in [4.69, 9.17) is 4.74 Å². The minimum atomic E-state index is -0.478. The van der Waals surface area contributed by atoms with Crippen LogP contribution in [0.3, 0.4) is 0 Å². The highest BCUT2D eigenvalue weighted by atomic mass is 16.6. The number of aromatic nitrogens is 3. The number of carbonyl (C=O) groups excluding carboxylic acids is 1. The van der Waals surface area contributed by atoms with Crippen molar-refractivity contribution in [3.05, 3.63) is 53.7 Å². The number of benzene rings is 1. The summed E-state index contributed by atoms with van der Waals surface area (Å²) >= 11 is 0. The molecule has 0 aliphatic carbocycles. The molecule has 0 atom stereocenters. The van der Waals surface area contributed by atoms with E-state index in [1.807, 2.05) is 36.4 Å². The molecule has 2 aliphatic rings. The van der Waals surface area contributed by atoms with Gasteiger partial charge in [-0.15, -0.1) is 0 Å². The van der Waals surface area contributed by atoms with Crippen LogP contribution in [0.5, 0.6) is 0 Å². The summed E-state index contributed by atoms with van der Waals surface area (Å²) < 4.78 is 5.79. The molecule has 5 rings (SSSR count). The van der Waals surface area contributed by atoms with Crippen LogP contribution >= 0.6 is 0 Å². The van der Waals surface area contributed by atoms with Crippen molar-refractivity contribution in [2.24, 2.45) is 0 Å². The average molecular weight is 320 g/mol. The summed E-state index contributed by atoms with van der Waals surface area (Å²) in [7, 11) is 0. The zero-order chi connectivity index (χ0) is 16.1. The lowest BCUT2D eigenvalue weighted by Crippen LogP contribution is -2.43. The summed E-state index contributed by atoms with van der Waals surface area (Å²) in [6, 6.07) is 11.6. The van der Waals surface area contributed by atoms with Gasteiger partial charge in [0, 0.05) is 37.7 Å². The van der Waals surface area contributed by atoms with E-state index >= 15 is 0 Å². The van der Waals surface area contributed by atoms with Gasteiger partial charge in [-0.05, 0) is 18.2 Å². The third-order valence-electron chi connectivity index (χ3n) is 5.04. The monoisotopic (exact) mass is 320 g/mol. The fourth-order valence-electron chi connectivity index (χ4n) is 3.78. The smallest absolute Gasteiger partial charge is 0.339 e. The van der Waals surface area contributed by atoms with E-state index in [9.17, 15) is 4.79 Å². The number of pyridine rings is 1. The maximum absolute atomic E-state index is 12.1. The van der Waals surface area contributed by atoms with Crippen molar-refractivity contribution in [3.63, 3.8) is 0 Å². The lowest BCUT2D eigenvalue weighted by molar-refractivity contribution is -0.0211. The Morgan fingerprint density at radius 1 is 1.12 bits per heavy atom. The number of nitrogens with one attached hydrogen (secondary N) is 1. The molecule has 1 aromatic carbocycles. The zero-order valence-electron chi connectivity index (χ0n) is 13.0. The van der Waals surface area contributed by atoms with E-state index in [0.717, 1.165) is 48.6 Å². The number of esters is 1. The van der Waals surface area contributed by atoms with Crippen LogP contribution in [0.4, 0.5) is 5.95 Å². The summed E-state index contributed by atoms with van der Waals surface area (Å²) in [6.45, 7) is 1.56. The van der Waals surface area contributed by atoms with Gasteiger partial charge >= 0.3 is 5.97 Å². The summed E-state index contributed by atoms with van der Waals surface area (Å²) in [6.07, 6.45) is 3.27. The van der Waals surface area contributed by atoms with Gasteiger partial charge in [-0.2, -0.15) is 4.98 Å². The zero-order valence-corrected chi connectivity index (χ0v) is 13.0. The topological polar surface area (TPSA) is 71.1 Å². The molecule has 120 valence electrons. The Morgan fingerprint density at radius 3 is 2.79 bits per heavy atom. The highest BCUT2D eigenvalue weighted by Gasteiger charge is 2.47. The maximum atomic E-state index is 12.1. The van der Waals surface area contributed by atoms with E-state index < -0.39 is 5.60 Å². The van der Waals surface area contributed by atoms with E-state index in [-0.39, 0.29) is 5.97 Å². The summed E-state index contributed by atoms with van der Waals surface area (Å²) in [4.78, 5) is 26.5. The van der Waals surface area contributed by atoms with Gasteiger partial charge in [-0.1, -0.05) is 18.2 Å². The van der Waals surface area contributed by atoms with Crippen LogP contribution < -0.4 is 4.90 Å².